The number of carbonyl (C=O) groups is 1. The Balaban J connectivity index is 1.61. The molecule has 3 rings (SSSR count). The highest BCUT2D eigenvalue weighted by molar-refractivity contribution is 5.78. The molecule has 0 aliphatic heterocycles. The zero-order valence-corrected chi connectivity index (χ0v) is 12.6. The van der Waals surface area contributed by atoms with Gasteiger partial charge in [0.15, 0.2) is 5.76 Å². The number of esters is 1. The highest BCUT2D eigenvalue weighted by Crippen LogP contribution is 2.62. The van der Waals surface area contributed by atoms with Gasteiger partial charge in [0.1, 0.15) is 6.61 Å². The normalized spacial score (nSPS) is 28.9. The van der Waals surface area contributed by atoms with Gasteiger partial charge in [-0.15, -0.1) is 0 Å². The van der Waals surface area contributed by atoms with Crippen LogP contribution in [0.1, 0.15) is 38.0 Å². The molecule has 126 valence electrons. The van der Waals surface area contributed by atoms with Crippen LogP contribution in [0.15, 0.2) is 28.4 Å². The molecule has 2 fully saturated rings. The van der Waals surface area contributed by atoms with Crippen LogP contribution < -0.4 is 0 Å². The molecule has 1 heterocycles. The van der Waals surface area contributed by atoms with E-state index in [9.17, 15) is 22.4 Å². The van der Waals surface area contributed by atoms with E-state index in [0.717, 1.165) is 6.26 Å². The molecule has 2 atom stereocenters. The first-order chi connectivity index (χ1) is 10.6. The van der Waals surface area contributed by atoms with Gasteiger partial charge in [-0.05, 0) is 17.4 Å². The Hall–Kier alpha value is -1.79. The summed E-state index contributed by atoms with van der Waals surface area (Å²) in [6, 6.07) is 1.32. The molecule has 3 nitrogen and oxygen atoms in total. The van der Waals surface area contributed by atoms with Crippen molar-refractivity contribution >= 4 is 5.97 Å². The summed E-state index contributed by atoms with van der Waals surface area (Å²) in [4.78, 5) is 12.1. The number of halogens is 4. The van der Waals surface area contributed by atoms with E-state index in [1.807, 2.05) is 0 Å². The third-order valence-electron chi connectivity index (χ3n) is 4.65. The molecule has 1 aromatic heterocycles. The van der Waals surface area contributed by atoms with Crippen LogP contribution in [-0.2, 0) is 16.1 Å². The first-order valence-corrected chi connectivity index (χ1v) is 7.24. The van der Waals surface area contributed by atoms with Crippen LogP contribution in [0.5, 0.6) is 0 Å². The van der Waals surface area contributed by atoms with E-state index in [2.05, 4.69) is 4.42 Å². The third-order valence-corrected chi connectivity index (χ3v) is 4.65. The lowest BCUT2D eigenvalue weighted by molar-refractivity contribution is -0.147. The summed E-state index contributed by atoms with van der Waals surface area (Å²) in [5.41, 5.74) is -0.304. The van der Waals surface area contributed by atoms with Crippen LogP contribution in [-0.4, -0.2) is 11.9 Å². The highest BCUT2D eigenvalue weighted by atomic mass is 19.3. The van der Waals surface area contributed by atoms with Crippen molar-refractivity contribution in [3.05, 3.63) is 35.3 Å². The lowest BCUT2D eigenvalue weighted by atomic mass is 10.1. The Labute approximate surface area is 130 Å². The average molecular weight is 332 g/mol. The molecule has 7 heteroatoms. The zero-order valence-electron chi connectivity index (χ0n) is 12.6. The monoisotopic (exact) mass is 332 g/mol. The van der Waals surface area contributed by atoms with E-state index in [4.69, 9.17) is 4.74 Å². The lowest BCUT2D eigenvalue weighted by Gasteiger charge is -2.05. The molecule has 0 spiro atoms. The van der Waals surface area contributed by atoms with E-state index in [1.165, 1.54) is 12.1 Å². The minimum absolute atomic E-state index is 0.0562. The molecule has 0 amide bonds. The summed E-state index contributed by atoms with van der Waals surface area (Å²) in [6.07, 6.45) is -0.484. The molecular weight excluding hydrogens is 316 g/mol. The molecule has 0 aromatic carbocycles. The first-order valence-electron chi connectivity index (χ1n) is 7.24. The standard InChI is InChI=1S/C16H16F4O3/c1-15(2)10(5-9-6-16(9,19)20)11(15)14(21)23-7-8-3-4-22-12(8)13(17)18/h3-5,10-11,13H,6-7H2,1-2H3. The van der Waals surface area contributed by atoms with Crippen molar-refractivity contribution in [3.8, 4) is 0 Å². The van der Waals surface area contributed by atoms with Gasteiger partial charge in [0, 0.05) is 17.6 Å². The molecular formula is C16H16F4O3. The molecule has 2 aliphatic carbocycles. The molecule has 1 aromatic rings. The van der Waals surface area contributed by atoms with Crippen molar-refractivity contribution in [2.45, 2.75) is 39.2 Å². The van der Waals surface area contributed by atoms with Crippen LogP contribution in [0.4, 0.5) is 17.6 Å². The number of ether oxygens (including phenoxy) is 1. The van der Waals surface area contributed by atoms with E-state index in [-0.39, 0.29) is 30.1 Å². The van der Waals surface area contributed by atoms with E-state index < -0.39 is 35.4 Å². The SMILES string of the molecule is CC1(C)C(C=C2CC2(F)F)C1C(=O)OCc1ccoc1C(F)F. The highest BCUT2D eigenvalue weighted by Gasteiger charge is 2.63. The maximum atomic E-state index is 13.0. The molecule has 2 unspecified atom stereocenters. The summed E-state index contributed by atoms with van der Waals surface area (Å²) in [7, 11) is 0. The minimum atomic E-state index is -2.79. The molecule has 23 heavy (non-hydrogen) atoms. The topological polar surface area (TPSA) is 39.4 Å². The summed E-state index contributed by atoms with van der Waals surface area (Å²) in [6.45, 7) is 3.27. The number of carbonyl (C=O) groups excluding carboxylic acids is 1. The van der Waals surface area contributed by atoms with Gasteiger partial charge < -0.3 is 9.15 Å². The second-order valence-electron chi connectivity index (χ2n) is 6.62. The smallest absolute Gasteiger partial charge is 0.310 e. The van der Waals surface area contributed by atoms with Gasteiger partial charge in [-0.3, -0.25) is 4.79 Å². The zero-order chi connectivity index (χ0) is 17.0. The Morgan fingerprint density at radius 2 is 2.13 bits per heavy atom. The Kier molecular flexibility index (Phi) is 3.57. The molecule has 0 bridgehead atoms. The van der Waals surface area contributed by atoms with Crippen LogP contribution in [0.2, 0.25) is 0 Å². The molecule has 0 saturated heterocycles. The van der Waals surface area contributed by atoms with Crippen molar-refractivity contribution in [2.75, 3.05) is 0 Å². The summed E-state index contributed by atoms with van der Waals surface area (Å²) >= 11 is 0. The van der Waals surface area contributed by atoms with Gasteiger partial charge >= 0.3 is 5.97 Å². The molecule has 0 N–H and O–H groups in total. The fourth-order valence-corrected chi connectivity index (χ4v) is 2.93. The Morgan fingerprint density at radius 3 is 2.70 bits per heavy atom. The van der Waals surface area contributed by atoms with Crippen LogP contribution in [0.3, 0.4) is 0 Å². The van der Waals surface area contributed by atoms with Crippen molar-refractivity contribution in [1.29, 1.82) is 0 Å². The van der Waals surface area contributed by atoms with E-state index in [1.54, 1.807) is 13.8 Å². The summed E-state index contributed by atoms with van der Waals surface area (Å²) < 4.78 is 60.9. The fourth-order valence-electron chi connectivity index (χ4n) is 2.93. The number of allylic oxidation sites excluding steroid dienone is 2. The van der Waals surface area contributed by atoms with Crippen LogP contribution in [0.25, 0.3) is 0 Å². The minimum Gasteiger partial charge on any atom is -0.463 e. The lowest BCUT2D eigenvalue weighted by Crippen LogP contribution is -2.11. The quantitative estimate of drug-likeness (QED) is 0.453. The molecule has 2 saturated carbocycles. The average Bonchev–Trinajstić information content (AvgIpc) is 3.11. The van der Waals surface area contributed by atoms with Crippen molar-refractivity contribution < 1.29 is 31.5 Å². The third kappa shape index (κ3) is 2.88. The maximum absolute atomic E-state index is 13.0. The molecule has 2 aliphatic rings. The fraction of sp³-hybridized carbons (Fsp3) is 0.562. The molecule has 0 radical (unpaired) electrons. The second kappa shape index (κ2) is 5.11. The van der Waals surface area contributed by atoms with Gasteiger partial charge in [-0.25, -0.2) is 17.6 Å². The Bertz CT molecular complexity index is 660. The predicted octanol–water partition coefficient (Wildman–Crippen LogP) is 4.50. The van der Waals surface area contributed by atoms with E-state index in [0.29, 0.717) is 0 Å². The maximum Gasteiger partial charge on any atom is 0.310 e. The van der Waals surface area contributed by atoms with Crippen LogP contribution in [0, 0.1) is 17.3 Å². The summed E-state index contributed by atoms with van der Waals surface area (Å²) in [5, 5.41) is 0. The van der Waals surface area contributed by atoms with Crippen molar-refractivity contribution in [3.63, 3.8) is 0 Å². The van der Waals surface area contributed by atoms with Crippen molar-refractivity contribution in [1.82, 2.24) is 0 Å². The van der Waals surface area contributed by atoms with Crippen LogP contribution >= 0.6 is 0 Å². The summed E-state index contributed by atoms with van der Waals surface area (Å²) in [5.74, 6) is -4.67. The number of rotatable bonds is 5. The van der Waals surface area contributed by atoms with Gasteiger partial charge in [-0.1, -0.05) is 19.9 Å². The van der Waals surface area contributed by atoms with Crippen molar-refractivity contribution in [2.24, 2.45) is 17.3 Å². The van der Waals surface area contributed by atoms with Gasteiger partial charge in [0.05, 0.1) is 12.2 Å². The number of hydrogen-bond donors (Lipinski definition) is 0. The largest absolute Gasteiger partial charge is 0.463 e. The number of hydrogen-bond acceptors (Lipinski definition) is 3. The Morgan fingerprint density at radius 1 is 1.48 bits per heavy atom. The second-order valence-corrected chi connectivity index (χ2v) is 6.62. The van der Waals surface area contributed by atoms with Gasteiger partial charge in [-0.2, -0.15) is 0 Å². The van der Waals surface area contributed by atoms with Gasteiger partial charge in [0.25, 0.3) is 12.3 Å². The first kappa shape index (κ1) is 16.1. The van der Waals surface area contributed by atoms with Gasteiger partial charge in [0.2, 0.25) is 0 Å². The number of alkyl halides is 4. The number of furan rings is 1. The predicted molar refractivity (Wildman–Crippen MR) is 71.9 cm³/mol. The van der Waals surface area contributed by atoms with E-state index >= 15 is 0 Å².